The molecule has 0 spiro atoms. The van der Waals surface area contributed by atoms with Crippen molar-refractivity contribution in [3.8, 4) is 11.5 Å². The monoisotopic (exact) mass is 410 g/mol. The number of carbonyl (C=O) groups excluding carboxylic acids is 1. The van der Waals surface area contributed by atoms with Crippen molar-refractivity contribution >= 4 is 52.6 Å². The summed E-state index contributed by atoms with van der Waals surface area (Å²) < 4.78 is 5.09. The van der Waals surface area contributed by atoms with Gasteiger partial charge in [0.25, 0.3) is 5.91 Å². The number of benzene rings is 2. The molecule has 1 unspecified atom stereocenters. The molecular formula is C18H16Cl2N2O3S. The quantitative estimate of drug-likeness (QED) is 0.641. The number of thioether (sulfide) groups is 1. The van der Waals surface area contributed by atoms with Crippen LogP contribution in [0.3, 0.4) is 0 Å². The van der Waals surface area contributed by atoms with Gasteiger partial charge in [0.15, 0.2) is 17.0 Å². The lowest BCUT2D eigenvalue weighted by molar-refractivity contribution is -0.116. The van der Waals surface area contributed by atoms with Gasteiger partial charge in [-0.05, 0) is 54.5 Å². The van der Waals surface area contributed by atoms with Gasteiger partial charge in [-0.1, -0.05) is 35.0 Å². The van der Waals surface area contributed by atoms with Gasteiger partial charge in [0.05, 0.1) is 17.0 Å². The number of amides is 1. The molecule has 0 saturated carbocycles. The molecule has 3 N–H and O–H groups in total. The topological polar surface area (TPSA) is 70.6 Å². The predicted molar refractivity (Wildman–Crippen MR) is 107 cm³/mol. The lowest BCUT2D eigenvalue weighted by Crippen LogP contribution is -2.31. The molecule has 2 aromatic rings. The number of hydrogen-bond acceptors (Lipinski definition) is 5. The highest BCUT2D eigenvalue weighted by Gasteiger charge is 2.27. The Bertz CT molecular complexity index is 902. The maximum atomic E-state index is 12.2. The fourth-order valence-electron chi connectivity index (χ4n) is 2.48. The van der Waals surface area contributed by atoms with Crippen LogP contribution in [-0.2, 0) is 4.79 Å². The number of hydrogen-bond donors (Lipinski definition) is 3. The normalized spacial score (nSPS) is 18.1. The van der Waals surface area contributed by atoms with Gasteiger partial charge in [0.1, 0.15) is 0 Å². The molecule has 26 heavy (non-hydrogen) atoms. The molecule has 0 radical (unpaired) electrons. The minimum atomic E-state index is -0.303. The van der Waals surface area contributed by atoms with Crippen molar-refractivity contribution in [1.29, 1.82) is 0 Å². The summed E-state index contributed by atoms with van der Waals surface area (Å²) in [6, 6.07) is 8.71. The van der Waals surface area contributed by atoms with Crippen LogP contribution in [0.5, 0.6) is 11.5 Å². The summed E-state index contributed by atoms with van der Waals surface area (Å²) in [4.78, 5) is 12.8. The number of phenolic OH excluding ortho intramolecular Hbond substituents is 1. The van der Waals surface area contributed by atoms with Gasteiger partial charge in [-0.25, -0.2) is 0 Å². The Labute approximate surface area is 165 Å². The Morgan fingerprint density at radius 1 is 1.31 bits per heavy atom. The molecule has 3 rings (SSSR count). The molecule has 1 aliphatic heterocycles. The van der Waals surface area contributed by atoms with Gasteiger partial charge < -0.3 is 20.5 Å². The van der Waals surface area contributed by atoms with E-state index in [9.17, 15) is 9.90 Å². The van der Waals surface area contributed by atoms with Gasteiger partial charge in [-0.15, -0.1) is 0 Å². The highest BCUT2D eigenvalue weighted by atomic mass is 35.5. The molecule has 1 amide bonds. The zero-order chi connectivity index (χ0) is 18.8. The Morgan fingerprint density at radius 2 is 2.08 bits per heavy atom. The van der Waals surface area contributed by atoms with E-state index in [1.54, 1.807) is 24.3 Å². The first-order valence-corrected chi connectivity index (χ1v) is 9.29. The van der Waals surface area contributed by atoms with Crippen molar-refractivity contribution in [2.75, 3.05) is 12.4 Å². The fourth-order valence-corrected chi connectivity index (χ4v) is 3.90. The molecule has 0 aromatic heterocycles. The number of nitrogens with one attached hydrogen (secondary N) is 2. The van der Waals surface area contributed by atoms with Gasteiger partial charge >= 0.3 is 0 Å². The second-order valence-electron chi connectivity index (χ2n) is 5.64. The molecular weight excluding hydrogens is 395 g/mol. The summed E-state index contributed by atoms with van der Waals surface area (Å²) >= 11 is 13.3. The summed E-state index contributed by atoms with van der Waals surface area (Å²) in [7, 11) is 1.44. The van der Waals surface area contributed by atoms with E-state index >= 15 is 0 Å². The van der Waals surface area contributed by atoms with Crippen molar-refractivity contribution in [3.63, 3.8) is 0 Å². The first-order valence-electron chi connectivity index (χ1n) is 7.66. The van der Waals surface area contributed by atoms with E-state index < -0.39 is 0 Å². The molecule has 136 valence electrons. The molecule has 1 heterocycles. The molecule has 2 aromatic carbocycles. The average molecular weight is 411 g/mol. The van der Waals surface area contributed by atoms with Gasteiger partial charge in [-0.3, -0.25) is 4.79 Å². The third kappa shape index (κ3) is 4.03. The molecule has 1 fully saturated rings. The van der Waals surface area contributed by atoms with E-state index in [4.69, 9.17) is 27.9 Å². The van der Waals surface area contributed by atoms with Crippen LogP contribution >= 0.6 is 35.0 Å². The minimum absolute atomic E-state index is 0.127. The number of anilines is 1. The minimum Gasteiger partial charge on any atom is -0.503 e. The van der Waals surface area contributed by atoms with Crippen LogP contribution < -0.4 is 15.4 Å². The first kappa shape index (κ1) is 18.8. The Balaban J connectivity index is 1.79. The summed E-state index contributed by atoms with van der Waals surface area (Å²) in [5.74, 6) is -0.0703. The maximum absolute atomic E-state index is 12.2. The summed E-state index contributed by atoms with van der Waals surface area (Å²) in [5.41, 5.74) is 2.23. The Hall–Kier alpha value is -2.02. The lowest BCUT2D eigenvalue weighted by Gasteiger charge is -2.15. The van der Waals surface area contributed by atoms with Crippen LogP contribution in [0, 0.1) is 6.92 Å². The molecule has 1 saturated heterocycles. The maximum Gasteiger partial charge on any atom is 0.260 e. The van der Waals surface area contributed by atoms with Crippen LogP contribution in [0.2, 0.25) is 10.0 Å². The molecule has 1 atom stereocenters. The van der Waals surface area contributed by atoms with Gasteiger partial charge in [-0.2, -0.15) is 0 Å². The molecule has 0 bridgehead atoms. The van der Waals surface area contributed by atoms with Crippen LogP contribution in [0.1, 0.15) is 11.1 Å². The third-order valence-electron chi connectivity index (χ3n) is 3.77. The van der Waals surface area contributed by atoms with Crippen molar-refractivity contribution < 1.29 is 14.6 Å². The first-order chi connectivity index (χ1) is 12.4. The SMILES string of the molecule is COc1cc(/C=C2\SC(Nc3ccc(Cl)cc3C)NC2=O)cc(Cl)c1O. The second kappa shape index (κ2) is 7.70. The summed E-state index contributed by atoms with van der Waals surface area (Å²) in [5, 5.41) is 16.8. The van der Waals surface area contributed by atoms with E-state index in [0.29, 0.717) is 15.5 Å². The van der Waals surface area contributed by atoms with Crippen LogP contribution in [-0.4, -0.2) is 23.6 Å². The lowest BCUT2D eigenvalue weighted by atomic mass is 10.2. The molecule has 1 aliphatic rings. The van der Waals surface area contributed by atoms with Crippen LogP contribution in [0.25, 0.3) is 6.08 Å². The zero-order valence-corrected chi connectivity index (χ0v) is 16.3. The van der Waals surface area contributed by atoms with Crippen LogP contribution in [0.15, 0.2) is 35.2 Å². The van der Waals surface area contributed by atoms with E-state index in [-0.39, 0.29) is 27.9 Å². The largest absolute Gasteiger partial charge is 0.503 e. The predicted octanol–water partition coefficient (Wildman–Crippen LogP) is 4.62. The number of rotatable bonds is 4. The highest BCUT2D eigenvalue weighted by molar-refractivity contribution is 8.05. The number of methoxy groups -OCH3 is 1. The van der Waals surface area contributed by atoms with Crippen molar-refractivity contribution in [2.24, 2.45) is 0 Å². The van der Waals surface area contributed by atoms with Gasteiger partial charge in [0.2, 0.25) is 0 Å². The van der Waals surface area contributed by atoms with E-state index in [2.05, 4.69) is 10.6 Å². The second-order valence-corrected chi connectivity index (χ2v) is 7.63. The van der Waals surface area contributed by atoms with E-state index in [0.717, 1.165) is 11.3 Å². The Morgan fingerprint density at radius 3 is 2.77 bits per heavy atom. The number of carbonyl (C=O) groups is 1. The number of ether oxygens (including phenoxy) is 1. The van der Waals surface area contributed by atoms with Crippen molar-refractivity contribution in [1.82, 2.24) is 5.32 Å². The van der Waals surface area contributed by atoms with Gasteiger partial charge in [0, 0.05) is 10.7 Å². The molecule has 5 nitrogen and oxygen atoms in total. The van der Waals surface area contributed by atoms with Crippen molar-refractivity contribution in [3.05, 3.63) is 56.4 Å². The number of phenols is 1. The summed E-state index contributed by atoms with van der Waals surface area (Å²) in [6.45, 7) is 1.94. The Kier molecular flexibility index (Phi) is 5.55. The average Bonchev–Trinajstić information content (AvgIpc) is 2.92. The van der Waals surface area contributed by atoms with E-state index in [1.165, 1.54) is 18.9 Å². The molecule has 8 heteroatoms. The third-order valence-corrected chi connectivity index (χ3v) is 5.33. The fraction of sp³-hybridized carbons (Fsp3) is 0.167. The number of aromatic hydroxyl groups is 1. The number of halogens is 2. The smallest absolute Gasteiger partial charge is 0.260 e. The highest BCUT2D eigenvalue weighted by Crippen LogP contribution is 2.37. The molecule has 0 aliphatic carbocycles. The zero-order valence-electron chi connectivity index (χ0n) is 14.0. The van der Waals surface area contributed by atoms with E-state index in [1.807, 2.05) is 19.1 Å². The van der Waals surface area contributed by atoms with Crippen LogP contribution in [0.4, 0.5) is 5.69 Å². The number of aryl methyl sites for hydroxylation is 1. The summed E-state index contributed by atoms with van der Waals surface area (Å²) in [6.07, 6.45) is 1.70. The standard InChI is InChI=1S/C18H16Cl2N2O3S/c1-9-5-11(19)3-4-13(9)21-18-22-17(24)15(26-18)8-10-6-12(20)16(23)14(7-10)25-2/h3-8,18,21,23H,1-2H3,(H,22,24)/b15-8-. The van der Waals surface area contributed by atoms with Crippen molar-refractivity contribution in [2.45, 2.75) is 12.4 Å².